The number of hydrogen-bond donors (Lipinski definition) is 1. The molecule has 0 aliphatic carbocycles. The Balaban J connectivity index is 1.95. The fraction of sp³-hybridized carbons (Fsp3) is 0.400. The Kier molecular flexibility index (Phi) is 3.85. The molecule has 1 aliphatic heterocycles. The summed E-state index contributed by atoms with van der Waals surface area (Å²) in [5.41, 5.74) is 6.73. The largest absolute Gasteiger partial charge is 0.494 e. The molecular formula is C15H19N5O. The van der Waals surface area contributed by atoms with Crippen molar-refractivity contribution in [2.24, 2.45) is 0 Å². The quantitative estimate of drug-likeness (QED) is 0.927. The van der Waals surface area contributed by atoms with Gasteiger partial charge in [0.25, 0.3) is 0 Å². The molecule has 1 aliphatic rings. The van der Waals surface area contributed by atoms with Crippen molar-refractivity contribution in [3.8, 4) is 17.1 Å². The van der Waals surface area contributed by atoms with Crippen LogP contribution in [0.2, 0.25) is 0 Å². The normalized spacial score (nSPS) is 14.4. The Morgan fingerprint density at radius 2 is 2.00 bits per heavy atom. The second-order valence-corrected chi connectivity index (χ2v) is 4.97. The molecule has 110 valence electrons. The molecule has 0 saturated carbocycles. The standard InChI is InChI=1S/C15H19N5O/c1-2-21-12-7-5-6-11(10-12)13-17-14(16)19-15(18-13)20-8-3-4-9-20/h5-7,10H,2-4,8-9H2,1H3,(H2,16,17,18,19). The Hall–Kier alpha value is -2.37. The van der Waals surface area contributed by atoms with Gasteiger partial charge in [0, 0.05) is 18.7 Å². The van der Waals surface area contributed by atoms with Crippen molar-refractivity contribution in [2.75, 3.05) is 30.3 Å². The zero-order chi connectivity index (χ0) is 14.7. The summed E-state index contributed by atoms with van der Waals surface area (Å²) in [7, 11) is 0. The first-order valence-corrected chi connectivity index (χ1v) is 7.26. The summed E-state index contributed by atoms with van der Waals surface area (Å²) in [6, 6.07) is 7.71. The zero-order valence-electron chi connectivity index (χ0n) is 12.1. The summed E-state index contributed by atoms with van der Waals surface area (Å²) in [6.07, 6.45) is 2.33. The molecule has 0 radical (unpaired) electrons. The SMILES string of the molecule is CCOc1cccc(-c2nc(N)nc(N3CCCC3)n2)c1. The molecule has 1 aromatic carbocycles. The van der Waals surface area contributed by atoms with Crippen molar-refractivity contribution in [1.82, 2.24) is 15.0 Å². The molecule has 2 N–H and O–H groups in total. The lowest BCUT2D eigenvalue weighted by atomic mass is 10.2. The molecule has 3 rings (SSSR count). The van der Waals surface area contributed by atoms with Crippen LogP contribution >= 0.6 is 0 Å². The van der Waals surface area contributed by atoms with Crippen LogP contribution in [0.3, 0.4) is 0 Å². The number of benzene rings is 1. The first-order chi connectivity index (χ1) is 10.3. The summed E-state index contributed by atoms with van der Waals surface area (Å²) in [6.45, 7) is 4.53. The fourth-order valence-corrected chi connectivity index (χ4v) is 2.46. The maximum absolute atomic E-state index is 5.84. The molecule has 1 fully saturated rings. The van der Waals surface area contributed by atoms with Gasteiger partial charge in [-0.3, -0.25) is 0 Å². The van der Waals surface area contributed by atoms with Crippen LogP contribution in [0.15, 0.2) is 24.3 Å². The van der Waals surface area contributed by atoms with Gasteiger partial charge in [0.1, 0.15) is 5.75 Å². The molecule has 6 heteroatoms. The van der Waals surface area contributed by atoms with Gasteiger partial charge in [-0.1, -0.05) is 12.1 Å². The van der Waals surface area contributed by atoms with Crippen molar-refractivity contribution < 1.29 is 4.74 Å². The minimum absolute atomic E-state index is 0.253. The van der Waals surface area contributed by atoms with Gasteiger partial charge >= 0.3 is 0 Å². The number of aromatic nitrogens is 3. The van der Waals surface area contributed by atoms with Crippen molar-refractivity contribution in [1.29, 1.82) is 0 Å². The third kappa shape index (κ3) is 3.04. The van der Waals surface area contributed by atoms with Crippen molar-refractivity contribution in [2.45, 2.75) is 19.8 Å². The smallest absolute Gasteiger partial charge is 0.230 e. The number of ether oxygens (including phenoxy) is 1. The van der Waals surface area contributed by atoms with Crippen LogP contribution in [0.25, 0.3) is 11.4 Å². The second-order valence-electron chi connectivity index (χ2n) is 4.97. The van der Waals surface area contributed by atoms with E-state index in [9.17, 15) is 0 Å². The molecule has 0 bridgehead atoms. The fourth-order valence-electron chi connectivity index (χ4n) is 2.46. The average molecular weight is 285 g/mol. The summed E-state index contributed by atoms with van der Waals surface area (Å²) >= 11 is 0. The van der Waals surface area contributed by atoms with E-state index in [0.717, 1.165) is 24.4 Å². The van der Waals surface area contributed by atoms with E-state index in [0.29, 0.717) is 18.4 Å². The highest BCUT2D eigenvalue weighted by atomic mass is 16.5. The molecule has 2 aromatic rings. The first kappa shape index (κ1) is 13.6. The van der Waals surface area contributed by atoms with E-state index in [1.807, 2.05) is 31.2 Å². The van der Waals surface area contributed by atoms with Crippen LogP contribution in [0, 0.1) is 0 Å². The summed E-state index contributed by atoms with van der Waals surface area (Å²) in [5, 5.41) is 0. The predicted molar refractivity (Wildman–Crippen MR) is 82.3 cm³/mol. The van der Waals surface area contributed by atoms with Crippen molar-refractivity contribution in [3.05, 3.63) is 24.3 Å². The molecule has 0 unspecified atom stereocenters. The Morgan fingerprint density at radius 3 is 2.76 bits per heavy atom. The van der Waals surface area contributed by atoms with Gasteiger partial charge in [-0.05, 0) is 31.9 Å². The predicted octanol–water partition coefficient (Wildman–Crippen LogP) is 2.12. The van der Waals surface area contributed by atoms with E-state index >= 15 is 0 Å². The maximum atomic E-state index is 5.84. The van der Waals surface area contributed by atoms with Crippen LogP contribution in [0.1, 0.15) is 19.8 Å². The van der Waals surface area contributed by atoms with E-state index in [2.05, 4.69) is 19.9 Å². The highest BCUT2D eigenvalue weighted by Gasteiger charge is 2.17. The Morgan fingerprint density at radius 1 is 1.19 bits per heavy atom. The molecule has 2 heterocycles. The number of anilines is 2. The Bertz CT molecular complexity index is 625. The third-order valence-corrected chi connectivity index (χ3v) is 3.43. The third-order valence-electron chi connectivity index (χ3n) is 3.43. The van der Waals surface area contributed by atoms with Gasteiger partial charge in [-0.2, -0.15) is 15.0 Å². The van der Waals surface area contributed by atoms with Crippen molar-refractivity contribution >= 4 is 11.9 Å². The molecule has 0 atom stereocenters. The molecule has 0 amide bonds. The van der Waals surface area contributed by atoms with Gasteiger partial charge in [0.05, 0.1) is 6.61 Å². The van der Waals surface area contributed by atoms with Gasteiger partial charge in [-0.15, -0.1) is 0 Å². The summed E-state index contributed by atoms with van der Waals surface area (Å²) in [5.74, 6) is 2.31. The lowest BCUT2D eigenvalue weighted by molar-refractivity contribution is 0.340. The van der Waals surface area contributed by atoms with Crippen LogP contribution in [0.5, 0.6) is 5.75 Å². The monoisotopic (exact) mass is 285 g/mol. The second kappa shape index (κ2) is 5.95. The van der Waals surface area contributed by atoms with Gasteiger partial charge in [0.15, 0.2) is 5.82 Å². The minimum Gasteiger partial charge on any atom is -0.494 e. The minimum atomic E-state index is 0.253. The molecular weight excluding hydrogens is 266 g/mol. The lowest BCUT2D eigenvalue weighted by Gasteiger charge is -2.15. The zero-order valence-corrected chi connectivity index (χ0v) is 12.1. The number of rotatable bonds is 4. The molecule has 6 nitrogen and oxygen atoms in total. The maximum Gasteiger partial charge on any atom is 0.230 e. The molecule has 1 saturated heterocycles. The average Bonchev–Trinajstić information content (AvgIpc) is 3.01. The van der Waals surface area contributed by atoms with Gasteiger partial charge in [-0.25, -0.2) is 0 Å². The van der Waals surface area contributed by atoms with Crippen molar-refractivity contribution in [3.63, 3.8) is 0 Å². The molecule has 21 heavy (non-hydrogen) atoms. The topological polar surface area (TPSA) is 77.2 Å². The van der Waals surface area contributed by atoms with Gasteiger partial charge in [0.2, 0.25) is 11.9 Å². The number of hydrogen-bond acceptors (Lipinski definition) is 6. The van der Waals surface area contributed by atoms with Crippen LogP contribution in [-0.4, -0.2) is 34.6 Å². The summed E-state index contributed by atoms with van der Waals surface area (Å²) < 4.78 is 5.52. The highest BCUT2D eigenvalue weighted by molar-refractivity contribution is 5.60. The van der Waals surface area contributed by atoms with E-state index in [1.165, 1.54) is 12.8 Å². The number of nitrogens with two attached hydrogens (primary N) is 1. The molecule has 1 aromatic heterocycles. The van der Waals surface area contributed by atoms with E-state index in [4.69, 9.17) is 10.5 Å². The lowest BCUT2D eigenvalue weighted by Crippen LogP contribution is -2.21. The highest BCUT2D eigenvalue weighted by Crippen LogP contribution is 2.24. The van der Waals surface area contributed by atoms with Gasteiger partial charge < -0.3 is 15.4 Å². The number of nitrogens with zero attached hydrogens (tertiary/aromatic N) is 4. The van der Waals surface area contributed by atoms with Crippen LogP contribution in [-0.2, 0) is 0 Å². The van der Waals surface area contributed by atoms with Crippen LogP contribution in [0.4, 0.5) is 11.9 Å². The number of nitrogen functional groups attached to an aromatic ring is 1. The first-order valence-electron chi connectivity index (χ1n) is 7.26. The summed E-state index contributed by atoms with van der Waals surface area (Å²) in [4.78, 5) is 15.2. The Labute approximate surface area is 124 Å². The van der Waals surface area contributed by atoms with E-state index in [1.54, 1.807) is 0 Å². The van der Waals surface area contributed by atoms with E-state index < -0.39 is 0 Å². The molecule has 0 spiro atoms. The van der Waals surface area contributed by atoms with E-state index in [-0.39, 0.29) is 5.95 Å². The van der Waals surface area contributed by atoms with Crippen LogP contribution < -0.4 is 15.4 Å².